The first kappa shape index (κ1) is 18.2. The van der Waals surface area contributed by atoms with E-state index in [4.69, 9.17) is 9.84 Å². The molecule has 0 bridgehead atoms. The first-order valence-corrected chi connectivity index (χ1v) is 8.15. The van der Waals surface area contributed by atoms with Crippen LogP contribution in [0.4, 0.5) is 4.79 Å². The Labute approximate surface area is 129 Å². The number of carbonyl (C=O) groups excluding carboxylic acids is 1. The number of nitrogens with one attached hydrogen (secondary N) is 1. The second-order valence-corrected chi connectivity index (χ2v) is 7.00. The van der Waals surface area contributed by atoms with E-state index in [1.54, 1.807) is 0 Å². The third-order valence-electron chi connectivity index (χ3n) is 3.87. The van der Waals surface area contributed by atoms with Crippen LogP contribution in [-0.2, 0) is 4.74 Å². The van der Waals surface area contributed by atoms with E-state index in [-0.39, 0.29) is 12.7 Å². The zero-order chi connectivity index (χ0) is 15.9. The normalized spacial score (nSPS) is 21.2. The van der Waals surface area contributed by atoms with Crippen LogP contribution in [0.15, 0.2) is 0 Å². The topological polar surface area (TPSA) is 61.8 Å². The van der Waals surface area contributed by atoms with E-state index >= 15 is 0 Å². The van der Waals surface area contributed by atoms with Gasteiger partial charge in [0.15, 0.2) is 0 Å². The Balaban J connectivity index is 2.38. The number of hydrogen-bond donors (Lipinski definition) is 2. The Kier molecular flexibility index (Phi) is 7.46. The number of aliphatic hydroxyl groups is 1. The van der Waals surface area contributed by atoms with E-state index in [0.717, 1.165) is 45.3 Å². The highest BCUT2D eigenvalue weighted by molar-refractivity contribution is 5.68. The standard InChI is InChI=1S/C16H32N2O3/c1-13(17-9-5-6-11-19)14-8-7-10-18(12-14)15(20)21-16(2,3)4/h13-14,17,19H,5-12H2,1-4H3. The second kappa shape index (κ2) is 8.59. The fraction of sp³-hybridized carbons (Fsp3) is 0.938. The average molecular weight is 300 g/mol. The molecule has 21 heavy (non-hydrogen) atoms. The van der Waals surface area contributed by atoms with Gasteiger partial charge in [-0.15, -0.1) is 0 Å². The lowest BCUT2D eigenvalue weighted by Gasteiger charge is -2.36. The highest BCUT2D eigenvalue weighted by atomic mass is 16.6. The van der Waals surface area contributed by atoms with Crippen LogP contribution >= 0.6 is 0 Å². The van der Waals surface area contributed by atoms with Crippen molar-refractivity contribution in [2.24, 2.45) is 5.92 Å². The fourth-order valence-electron chi connectivity index (χ4n) is 2.64. The van der Waals surface area contributed by atoms with E-state index in [9.17, 15) is 4.79 Å². The molecule has 1 rings (SSSR count). The molecule has 1 aliphatic heterocycles. The van der Waals surface area contributed by atoms with Crippen molar-refractivity contribution < 1.29 is 14.6 Å². The number of amides is 1. The van der Waals surface area contributed by atoms with Gasteiger partial charge in [-0.2, -0.15) is 0 Å². The molecule has 0 aromatic carbocycles. The first-order valence-electron chi connectivity index (χ1n) is 8.15. The molecule has 0 aromatic rings. The molecule has 5 heteroatoms. The van der Waals surface area contributed by atoms with Crippen LogP contribution in [0.2, 0.25) is 0 Å². The SMILES string of the molecule is CC(NCCCCO)C1CCCN(C(=O)OC(C)(C)C)C1. The zero-order valence-corrected chi connectivity index (χ0v) is 14.0. The van der Waals surface area contributed by atoms with E-state index in [0.29, 0.717) is 12.0 Å². The zero-order valence-electron chi connectivity index (χ0n) is 14.0. The molecule has 1 aliphatic rings. The van der Waals surface area contributed by atoms with Crippen molar-refractivity contribution >= 4 is 6.09 Å². The second-order valence-electron chi connectivity index (χ2n) is 7.00. The number of carbonyl (C=O) groups is 1. The maximum atomic E-state index is 12.1. The molecule has 0 aromatic heterocycles. The van der Waals surface area contributed by atoms with Crippen molar-refractivity contribution in [3.8, 4) is 0 Å². The van der Waals surface area contributed by atoms with Crippen molar-refractivity contribution in [1.29, 1.82) is 0 Å². The number of likely N-dealkylation sites (tertiary alicyclic amines) is 1. The minimum Gasteiger partial charge on any atom is -0.444 e. The molecule has 124 valence electrons. The van der Waals surface area contributed by atoms with Gasteiger partial charge >= 0.3 is 6.09 Å². The fourth-order valence-corrected chi connectivity index (χ4v) is 2.64. The third-order valence-corrected chi connectivity index (χ3v) is 3.87. The highest BCUT2D eigenvalue weighted by Crippen LogP contribution is 2.21. The van der Waals surface area contributed by atoms with Crippen LogP contribution in [0.25, 0.3) is 0 Å². The Bertz CT molecular complexity index is 315. The molecule has 0 spiro atoms. The van der Waals surface area contributed by atoms with Crippen LogP contribution in [0, 0.1) is 5.92 Å². The van der Waals surface area contributed by atoms with Gasteiger partial charge in [0.05, 0.1) is 0 Å². The molecular formula is C16H32N2O3. The summed E-state index contributed by atoms with van der Waals surface area (Å²) in [6.45, 7) is 10.6. The van der Waals surface area contributed by atoms with Gasteiger partial charge in [0.2, 0.25) is 0 Å². The van der Waals surface area contributed by atoms with Crippen molar-refractivity contribution in [2.45, 2.75) is 65.0 Å². The largest absolute Gasteiger partial charge is 0.444 e. The Morgan fingerprint density at radius 2 is 2.14 bits per heavy atom. The molecule has 2 atom stereocenters. The molecule has 0 saturated carbocycles. The maximum absolute atomic E-state index is 12.1. The van der Waals surface area contributed by atoms with Crippen LogP contribution < -0.4 is 5.32 Å². The number of rotatable bonds is 6. The minimum atomic E-state index is -0.432. The van der Waals surface area contributed by atoms with Crippen molar-refractivity contribution in [3.63, 3.8) is 0 Å². The number of unbranched alkanes of at least 4 members (excludes halogenated alkanes) is 1. The van der Waals surface area contributed by atoms with Gasteiger partial charge < -0.3 is 20.1 Å². The number of ether oxygens (including phenoxy) is 1. The molecule has 0 radical (unpaired) electrons. The van der Waals surface area contributed by atoms with Crippen molar-refractivity contribution in [1.82, 2.24) is 10.2 Å². The Morgan fingerprint density at radius 1 is 1.43 bits per heavy atom. The van der Waals surface area contributed by atoms with Crippen molar-refractivity contribution in [3.05, 3.63) is 0 Å². The lowest BCUT2D eigenvalue weighted by molar-refractivity contribution is 0.0148. The monoisotopic (exact) mass is 300 g/mol. The Morgan fingerprint density at radius 3 is 2.76 bits per heavy atom. The van der Waals surface area contributed by atoms with Gasteiger partial charge in [-0.3, -0.25) is 0 Å². The smallest absolute Gasteiger partial charge is 0.410 e. The molecule has 1 amide bonds. The summed E-state index contributed by atoms with van der Waals surface area (Å²) in [6, 6.07) is 0.383. The van der Waals surface area contributed by atoms with Gasteiger partial charge in [0, 0.05) is 25.7 Å². The predicted octanol–water partition coefficient (Wildman–Crippen LogP) is 2.38. The summed E-state index contributed by atoms with van der Waals surface area (Å²) < 4.78 is 5.46. The van der Waals surface area contributed by atoms with Gasteiger partial charge in [-0.05, 0) is 65.8 Å². The quantitative estimate of drug-likeness (QED) is 0.739. The van der Waals surface area contributed by atoms with E-state index in [1.807, 2.05) is 25.7 Å². The van der Waals surface area contributed by atoms with Crippen LogP contribution in [0.3, 0.4) is 0 Å². The van der Waals surface area contributed by atoms with Crippen LogP contribution in [0.5, 0.6) is 0 Å². The summed E-state index contributed by atoms with van der Waals surface area (Å²) in [7, 11) is 0. The maximum Gasteiger partial charge on any atom is 0.410 e. The Hall–Kier alpha value is -0.810. The molecule has 1 fully saturated rings. The van der Waals surface area contributed by atoms with E-state index < -0.39 is 5.60 Å². The molecule has 5 nitrogen and oxygen atoms in total. The van der Waals surface area contributed by atoms with E-state index in [1.165, 1.54) is 0 Å². The number of aliphatic hydroxyl groups excluding tert-OH is 1. The predicted molar refractivity (Wildman–Crippen MR) is 84.3 cm³/mol. The van der Waals surface area contributed by atoms with Gasteiger partial charge in [0.1, 0.15) is 5.60 Å². The molecular weight excluding hydrogens is 268 g/mol. The summed E-state index contributed by atoms with van der Waals surface area (Å²) in [6.07, 6.45) is 3.82. The minimum absolute atomic E-state index is 0.195. The lowest BCUT2D eigenvalue weighted by Crippen LogP contribution is -2.48. The summed E-state index contributed by atoms with van der Waals surface area (Å²) >= 11 is 0. The molecule has 1 heterocycles. The number of piperidine rings is 1. The molecule has 2 unspecified atom stereocenters. The highest BCUT2D eigenvalue weighted by Gasteiger charge is 2.29. The summed E-state index contributed by atoms with van der Waals surface area (Å²) in [5.41, 5.74) is -0.432. The van der Waals surface area contributed by atoms with Gasteiger partial charge in [-0.25, -0.2) is 4.79 Å². The summed E-state index contributed by atoms with van der Waals surface area (Å²) in [5.74, 6) is 0.473. The third kappa shape index (κ3) is 7.14. The van der Waals surface area contributed by atoms with Crippen LogP contribution in [-0.4, -0.2) is 54.0 Å². The number of nitrogens with zero attached hydrogens (tertiary/aromatic N) is 1. The number of hydrogen-bond acceptors (Lipinski definition) is 4. The lowest BCUT2D eigenvalue weighted by atomic mass is 9.91. The van der Waals surface area contributed by atoms with E-state index in [2.05, 4.69) is 12.2 Å². The van der Waals surface area contributed by atoms with Crippen LogP contribution in [0.1, 0.15) is 53.4 Å². The molecule has 1 saturated heterocycles. The van der Waals surface area contributed by atoms with Crippen molar-refractivity contribution in [2.75, 3.05) is 26.2 Å². The molecule has 2 N–H and O–H groups in total. The first-order chi connectivity index (χ1) is 9.83. The van der Waals surface area contributed by atoms with Gasteiger partial charge in [-0.1, -0.05) is 0 Å². The average Bonchev–Trinajstić information content (AvgIpc) is 2.41. The summed E-state index contributed by atoms with van der Waals surface area (Å²) in [5, 5.41) is 12.3. The molecule has 0 aliphatic carbocycles. The van der Waals surface area contributed by atoms with Gasteiger partial charge in [0.25, 0.3) is 0 Å². The summed E-state index contributed by atoms with van der Waals surface area (Å²) in [4.78, 5) is 14.0.